The Hall–Kier alpha value is -2.04. The molecular weight excluding hydrogens is 340 g/mol. The Morgan fingerprint density at radius 3 is 2.79 bits per heavy atom. The molecule has 0 fully saturated rings. The van der Waals surface area contributed by atoms with Crippen LogP contribution in [0.25, 0.3) is 21.8 Å². The molecule has 1 N–H and O–H groups in total. The maximum atomic E-state index is 5.96. The number of anilines is 1. The number of nitrogens with zero attached hydrogens (tertiary/aromatic N) is 1. The summed E-state index contributed by atoms with van der Waals surface area (Å²) in [5, 5.41) is 7.27. The van der Waals surface area contributed by atoms with Crippen LogP contribution in [0.5, 0.6) is 5.75 Å². The first kappa shape index (κ1) is 15.5. The predicted molar refractivity (Wildman–Crippen MR) is 101 cm³/mol. The first-order valence-corrected chi connectivity index (χ1v) is 9.25. The molecule has 0 amide bonds. The summed E-state index contributed by atoms with van der Waals surface area (Å²) in [4.78, 5) is 4.77. The van der Waals surface area contributed by atoms with E-state index in [4.69, 9.17) is 21.3 Å². The average molecular weight is 357 g/mol. The number of thiazole rings is 1. The van der Waals surface area contributed by atoms with E-state index in [0.29, 0.717) is 0 Å². The molecule has 24 heavy (non-hydrogen) atoms. The number of nitrogens with one attached hydrogen (secondary N) is 1. The summed E-state index contributed by atoms with van der Waals surface area (Å²) in [6.07, 6.45) is 1.25. The van der Waals surface area contributed by atoms with E-state index in [-0.39, 0.29) is 6.10 Å². The van der Waals surface area contributed by atoms with Crippen molar-refractivity contribution in [2.45, 2.75) is 19.4 Å². The molecule has 0 spiro atoms. The minimum absolute atomic E-state index is 0.249. The lowest BCUT2D eigenvalue weighted by Gasteiger charge is -2.26. The van der Waals surface area contributed by atoms with E-state index < -0.39 is 0 Å². The lowest BCUT2D eigenvalue weighted by atomic mass is 10.1. The summed E-state index contributed by atoms with van der Waals surface area (Å²) in [6, 6.07) is 14.0. The van der Waals surface area contributed by atoms with Crippen LogP contribution >= 0.6 is 22.9 Å². The van der Waals surface area contributed by atoms with Gasteiger partial charge in [-0.15, -0.1) is 11.3 Å². The molecule has 1 aliphatic rings. The van der Waals surface area contributed by atoms with Crippen LogP contribution in [0.2, 0.25) is 5.02 Å². The lowest BCUT2D eigenvalue weighted by molar-refractivity contribution is 0.202. The normalized spacial score (nSPS) is 16.2. The highest BCUT2D eigenvalue weighted by Gasteiger charge is 2.18. The van der Waals surface area contributed by atoms with E-state index in [1.54, 1.807) is 11.3 Å². The zero-order valence-corrected chi connectivity index (χ0v) is 14.8. The maximum Gasteiger partial charge on any atom is 0.142 e. The van der Waals surface area contributed by atoms with Gasteiger partial charge in [-0.2, -0.15) is 0 Å². The fourth-order valence-corrected chi connectivity index (χ4v) is 3.70. The van der Waals surface area contributed by atoms with Crippen molar-refractivity contribution in [3.63, 3.8) is 0 Å². The van der Waals surface area contributed by atoms with E-state index in [0.717, 1.165) is 51.3 Å². The zero-order valence-electron chi connectivity index (χ0n) is 13.3. The van der Waals surface area contributed by atoms with Crippen LogP contribution in [0.1, 0.15) is 13.3 Å². The van der Waals surface area contributed by atoms with Gasteiger partial charge in [-0.25, -0.2) is 4.98 Å². The second-order valence-corrected chi connectivity index (χ2v) is 7.08. The Morgan fingerprint density at radius 2 is 2.00 bits per heavy atom. The number of aromatic nitrogens is 1. The van der Waals surface area contributed by atoms with Gasteiger partial charge < -0.3 is 10.1 Å². The molecule has 0 aliphatic carbocycles. The molecule has 122 valence electrons. The summed E-state index contributed by atoms with van der Waals surface area (Å²) in [7, 11) is 0. The average Bonchev–Trinajstić information content (AvgIpc) is 3.11. The molecular formula is C19H17ClN2OS. The van der Waals surface area contributed by atoms with Gasteiger partial charge in [-0.1, -0.05) is 30.7 Å². The Labute approximate surface area is 150 Å². The smallest absolute Gasteiger partial charge is 0.142 e. The van der Waals surface area contributed by atoms with Crippen molar-refractivity contribution < 1.29 is 4.74 Å². The predicted octanol–water partition coefficient (Wildman–Crippen LogP) is 5.71. The Bertz CT molecular complexity index is 860. The van der Waals surface area contributed by atoms with Gasteiger partial charge in [-0.05, 0) is 36.8 Å². The molecule has 0 saturated carbocycles. The van der Waals surface area contributed by atoms with Gasteiger partial charge in [0.25, 0.3) is 0 Å². The quantitative estimate of drug-likeness (QED) is 0.652. The van der Waals surface area contributed by atoms with Crippen LogP contribution in [0.15, 0.2) is 47.8 Å². The van der Waals surface area contributed by atoms with Gasteiger partial charge in [0.05, 0.1) is 17.9 Å². The summed E-state index contributed by atoms with van der Waals surface area (Å²) in [5.74, 6) is 0.921. The fourth-order valence-electron chi connectivity index (χ4n) is 2.73. The number of rotatable bonds is 3. The zero-order chi connectivity index (χ0) is 16.5. The third kappa shape index (κ3) is 2.99. The van der Waals surface area contributed by atoms with Crippen molar-refractivity contribution >= 4 is 28.6 Å². The molecule has 0 bridgehead atoms. The third-order valence-corrected chi connectivity index (χ3v) is 5.28. The topological polar surface area (TPSA) is 34.2 Å². The van der Waals surface area contributed by atoms with Crippen molar-refractivity contribution in [2.75, 3.05) is 11.9 Å². The van der Waals surface area contributed by atoms with Crippen molar-refractivity contribution in [2.24, 2.45) is 0 Å². The number of hydrogen-bond donors (Lipinski definition) is 1. The first-order valence-electron chi connectivity index (χ1n) is 7.99. The molecule has 0 saturated heterocycles. The first-order chi connectivity index (χ1) is 11.7. The monoisotopic (exact) mass is 356 g/mol. The summed E-state index contributed by atoms with van der Waals surface area (Å²) in [5.41, 5.74) is 4.20. The van der Waals surface area contributed by atoms with Gasteiger partial charge in [0.2, 0.25) is 0 Å². The number of fused-ring (bicyclic) bond motifs is 1. The van der Waals surface area contributed by atoms with Crippen molar-refractivity contribution in [1.29, 1.82) is 0 Å². The Balaban J connectivity index is 1.62. The standard InChI is InChI=1S/C19H17ClN2OS/c1-2-15-10-21-16-9-13(5-8-18(16)23-15)17-11-24-19(22-17)12-3-6-14(20)7-4-12/h3-9,11,15,21H,2,10H2,1H3. The van der Waals surface area contributed by atoms with Crippen LogP contribution < -0.4 is 10.1 Å². The number of halogens is 1. The molecule has 1 unspecified atom stereocenters. The van der Waals surface area contributed by atoms with E-state index in [9.17, 15) is 0 Å². The molecule has 1 aliphatic heterocycles. The molecule has 2 aromatic carbocycles. The molecule has 5 heteroatoms. The highest BCUT2D eigenvalue weighted by Crippen LogP contribution is 2.35. The van der Waals surface area contributed by atoms with Crippen LogP contribution in [-0.4, -0.2) is 17.6 Å². The Morgan fingerprint density at radius 1 is 1.21 bits per heavy atom. The van der Waals surface area contributed by atoms with E-state index in [1.807, 2.05) is 30.3 Å². The van der Waals surface area contributed by atoms with E-state index in [2.05, 4.69) is 29.8 Å². The third-order valence-electron chi connectivity index (χ3n) is 4.14. The van der Waals surface area contributed by atoms with Crippen LogP contribution in [-0.2, 0) is 0 Å². The summed E-state index contributed by atoms with van der Waals surface area (Å²) in [6.45, 7) is 2.99. The second-order valence-electron chi connectivity index (χ2n) is 5.78. The van der Waals surface area contributed by atoms with E-state index in [1.165, 1.54) is 0 Å². The number of benzene rings is 2. The van der Waals surface area contributed by atoms with Crippen molar-refractivity contribution in [1.82, 2.24) is 4.98 Å². The minimum Gasteiger partial charge on any atom is -0.486 e. The molecule has 0 radical (unpaired) electrons. The number of ether oxygens (including phenoxy) is 1. The van der Waals surface area contributed by atoms with Gasteiger partial charge in [0, 0.05) is 21.5 Å². The minimum atomic E-state index is 0.249. The van der Waals surface area contributed by atoms with Crippen LogP contribution in [0, 0.1) is 0 Å². The fraction of sp³-hybridized carbons (Fsp3) is 0.211. The van der Waals surface area contributed by atoms with Gasteiger partial charge >= 0.3 is 0 Å². The molecule has 3 nitrogen and oxygen atoms in total. The van der Waals surface area contributed by atoms with Gasteiger partial charge in [-0.3, -0.25) is 0 Å². The molecule has 3 aromatic rings. The number of hydrogen-bond acceptors (Lipinski definition) is 4. The SMILES string of the molecule is CCC1CNc2cc(-c3csc(-c4ccc(Cl)cc4)n3)ccc2O1. The maximum absolute atomic E-state index is 5.96. The molecule has 2 heterocycles. The summed E-state index contributed by atoms with van der Waals surface area (Å²) >= 11 is 7.59. The van der Waals surface area contributed by atoms with Crippen molar-refractivity contribution in [3.05, 3.63) is 52.9 Å². The largest absolute Gasteiger partial charge is 0.486 e. The second kappa shape index (κ2) is 6.46. The molecule has 4 rings (SSSR count). The van der Waals surface area contributed by atoms with Crippen LogP contribution in [0.3, 0.4) is 0 Å². The van der Waals surface area contributed by atoms with Crippen LogP contribution in [0.4, 0.5) is 5.69 Å². The lowest BCUT2D eigenvalue weighted by Crippen LogP contribution is -2.29. The van der Waals surface area contributed by atoms with Gasteiger partial charge in [0.1, 0.15) is 16.9 Å². The van der Waals surface area contributed by atoms with Crippen molar-refractivity contribution in [3.8, 4) is 27.6 Å². The molecule has 1 aromatic heterocycles. The van der Waals surface area contributed by atoms with Gasteiger partial charge in [0.15, 0.2) is 0 Å². The van der Waals surface area contributed by atoms with E-state index >= 15 is 0 Å². The highest BCUT2D eigenvalue weighted by molar-refractivity contribution is 7.13. The highest BCUT2D eigenvalue weighted by atomic mass is 35.5. The Kier molecular flexibility index (Phi) is 4.17. The summed E-state index contributed by atoms with van der Waals surface area (Å²) < 4.78 is 5.96. The molecule has 1 atom stereocenters.